The van der Waals surface area contributed by atoms with E-state index in [1.54, 1.807) is 42.3 Å². The fraction of sp³-hybridized carbons (Fsp3) is 0.409. The summed E-state index contributed by atoms with van der Waals surface area (Å²) in [5.41, 5.74) is 0.971. The Hall–Kier alpha value is -2.58. The van der Waals surface area contributed by atoms with Crippen molar-refractivity contribution in [1.82, 2.24) is 9.21 Å². The van der Waals surface area contributed by atoms with E-state index in [-0.39, 0.29) is 11.8 Å². The maximum absolute atomic E-state index is 12.9. The standard InChI is InChI=1S/C22H26N2O5S/c1-23(16-17-7-8-20-21(15-17)29-14-13-28-20)22(25)18-9-11-24(12-10-18)30(26,27)19-5-3-2-4-6-19/h2-8,15,18H,9-14,16H2,1H3. The summed E-state index contributed by atoms with van der Waals surface area (Å²) in [6.07, 6.45) is 1.05. The van der Waals surface area contributed by atoms with Gasteiger partial charge >= 0.3 is 0 Å². The van der Waals surface area contributed by atoms with E-state index in [4.69, 9.17) is 9.47 Å². The van der Waals surface area contributed by atoms with Gasteiger partial charge in [-0.3, -0.25) is 4.79 Å². The number of nitrogens with zero attached hydrogens (tertiary/aromatic N) is 2. The molecule has 2 heterocycles. The van der Waals surface area contributed by atoms with Crippen LogP contribution in [-0.4, -0.2) is 56.9 Å². The van der Waals surface area contributed by atoms with Crippen LogP contribution in [0.2, 0.25) is 0 Å². The molecular weight excluding hydrogens is 404 g/mol. The molecule has 0 aliphatic carbocycles. The van der Waals surface area contributed by atoms with Crippen molar-refractivity contribution in [3.8, 4) is 11.5 Å². The predicted octanol–water partition coefficient (Wildman–Crippen LogP) is 2.52. The molecule has 8 heteroatoms. The normalized spacial score (nSPS) is 17.5. The van der Waals surface area contributed by atoms with Crippen LogP contribution in [0.4, 0.5) is 0 Å². The molecule has 0 spiro atoms. The molecule has 0 atom stereocenters. The zero-order chi connectivity index (χ0) is 21.1. The van der Waals surface area contributed by atoms with Crippen LogP contribution >= 0.6 is 0 Å². The molecule has 0 unspecified atom stereocenters. The molecule has 30 heavy (non-hydrogen) atoms. The van der Waals surface area contributed by atoms with E-state index in [9.17, 15) is 13.2 Å². The van der Waals surface area contributed by atoms with Gasteiger partial charge < -0.3 is 14.4 Å². The lowest BCUT2D eigenvalue weighted by molar-refractivity contribution is -0.135. The van der Waals surface area contributed by atoms with Gasteiger partial charge in [0.15, 0.2) is 11.5 Å². The number of piperidine rings is 1. The average Bonchev–Trinajstić information content (AvgIpc) is 2.79. The molecule has 160 valence electrons. The lowest BCUT2D eigenvalue weighted by Crippen LogP contribution is -2.43. The third-order valence-electron chi connectivity index (χ3n) is 5.59. The first-order valence-electron chi connectivity index (χ1n) is 10.1. The van der Waals surface area contributed by atoms with Crippen molar-refractivity contribution in [1.29, 1.82) is 0 Å². The number of hydrogen-bond donors (Lipinski definition) is 0. The molecule has 0 bridgehead atoms. The van der Waals surface area contributed by atoms with Gasteiger partial charge in [0.1, 0.15) is 13.2 Å². The van der Waals surface area contributed by atoms with Gasteiger partial charge in [-0.2, -0.15) is 4.31 Å². The highest BCUT2D eigenvalue weighted by Crippen LogP contribution is 2.31. The van der Waals surface area contributed by atoms with Gasteiger partial charge in [-0.05, 0) is 42.7 Å². The monoisotopic (exact) mass is 430 g/mol. The molecule has 2 aliphatic rings. The first-order valence-corrected chi connectivity index (χ1v) is 11.6. The Labute approximate surface area is 177 Å². The molecule has 2 aliphatic heterocycles. The van der Waals surface area contributed by atoms with E-state index < -0.39 is 10.0 Å². The second kappa shape index (κ2) is 8.65. The number of amides is 1. The van der Waals surface area contributed by atoms with E-state index in [0.717, 1.165) is 11.3 Å². The van der Waals surface area contributed by atoms with Gasteiger partial charge in [0.25, 0.3) is 0 Å². The van der Waals surface area contributed by atoms with E-state index in [0.29, 0.717) is 56.3 Å². The second-order valence-corrected chi connectivity index (χ2v) is 9.60. The summed E-state index contributed by atoms with van der Waals surface area (Å²) < 4.78 is 38.2. The summed E-state index contributed by atoms with van der Waals surface area (Å²) in [6, 6.07) is 14.2. The minimum Gasteiger partial charge on any atom is -0.486 e. The van der Waals surface area contributed by atoms with Crippen LogP contribution in [0.3, 0.4) is 0 Å². The molecular formula is C22H26N2O5S. The van der Waals surface area contributed by atoms with Crippen LogP contribution in [0.5, 0.6) is 11.5 Å². The SMILES string of the molecule is CN(Cc1ccc2c(c1)OCCO2)C(=O)C1CCN(S(=O)(=O)c2ccccc2)CC1. The van der Waals surface area contributed by atoms with Gasteiger partial charge in [0, 0.05) is 32.6 Å². The number of benzene rings is 2. The van der Waals surface area contributed by atoms with Crippen molar-refractivity contribution >= 4 is 15.9 Å². The minimum absolute atomic E-state index is 0.0432. The van der Waals surface area contributed by atoms with Crippen LogP contribution in [0.15, 0.2) is 53.4 Å². The Morgan fingerprint density at radius 1 is 1.03 bits per heavy atom. The number of carbonyl (C=O) groups excluding carboxylic acids is 1. The van der Waals surface area contributed by atoms with E-state index in [1.165, 1.54) is 4.31 Å². The van der Waals surface area contributed by atoms with Crippen LogP contribution in [-0.2, 0) is 21.4 Å². The molecule has 1 fully saturated rings. The molecule has 7 nitrogen and oxygen atoms in total. The predicted molar refractivity (Wildman–Crippen MR) is 112 cm³/mol. The number of ether oxygens (including phenoxy) is 2. The first-order chi connectivity index (χ1) is 14.4. The highest BCUT2D eigenvalue weighted by Gasteiger charge is 2.33. The molecule has 4 rings (SSSR count). The zero-order valence-electron chi connectivity index (χ0n) is 17.0. The molecule has 0 radical (unpaired) electrons. The van der Waals surface area contributed by atoms with Crippen LogP contribution in [0.1, 0.15) is 18.4 Å². The van der Waals surface area contributed by atoms with Crippen molar-refractivity contribution in [3.63, 3.8) is 0 Å². The van der Waals surface area contributed by atoms with Crippen LogP contribution < -0.4 is 9.47 Å². The number of carbonyl (C=O) groups is 1. The van der Waals surface area contributed by atoms with Crippen LogP contribution in [0, 0.1) is 5.92 Å². The Morgan fingerprint density at radius 3 is 2.40 bits per heavy atom. The van der Waals surface area contributed by atoms with Gasteiger partial charge in [-0.15, -0.1) is 0 Å². The fourth-order valence-corrected chi connectivity index (χ4v) is 5.42. The highest BCUT2D eigenvalue weighted by atomic mass is 32.2. The summed E-state index contributed by atoms with van der Waals surface area (Å²) >= 11 is 0. The number of fused-ring (bicyclic) bond motifs is 1. The third-order valence-corrected chi connectivity index (χ3v) is 7.50. The number of sulfonamides is 1. The van der Waals surface area contributed by atoms with E-state index >= 15 is 0 Å². The summed E-state index contributed by atoms with van der Waals surface area (Å²) in [6.45, 7) is 2.24. The topological polar surface area (TPSA) is 76.2 Å². The summed E-state index contributed by atoms with van der Waals surface area (Å²) in [5.74, 6) is 1.31. The molecule has 0 aromatic heterocycles. The first kappa shape index (κ1) is 20.7. The van der Waals surface area contributed by atoms with Crippen LogP contribution in [0.25, 0.3) is 0 Å². The van der Waals surface area contributed by atoms with Gasteiger partial charge in [-0.1, -0.05) is 24.3 Å². The van der Waals surface area contributed by atoms with E-state index in [2.05, 4.69) is 0 Å². The number of rotatable bonds is 5. The van der Waals surface area contributed by atoms with Crippen molar-refractivity contribution in [2.75, 3.05) is 33.4 Å². The Bertz CT molecular complexity index is 1000. The third kappa shape index (κ3) is 4.29. The second-order valence-electron chi connectivity index (χ2n) is 7.66. The highest BCUT2D eigenvalue weighted by molar-refractivity contribution is 7.89. The van der Waals surface area contributed by atoms with E-state index in [1.807, 2.05) is 18.2 Å². The summed E-state index contributed by atoms with van der Waals surface area (Å²) in [5, 5.41) is 0. The van der Waals surface area contributed by atoms with Crippen molar-refractivity contribution in [2.24, 2.45) is 5.92 Å². The average molecular weight is 431 g/mol. The Balaban J connectivity index is 1.35. The maximum atomic E-state index is 12.9. The Kier molecular flexibility index (Phi) is 5.97. The summed E-state index contributed by atoms with van der Waals surface area (Å²) in [4.78, 5) is 14.9. The smallest absolute Gasteiger partial charge is 0.243 e. The quantitative estimate of drug-likeness (QED) is 0.729. The molecule has 2 aromatic rings. The molecule has 2 aromatic carbocycles. The molecule has 0 saturated carbocycles. The lowest BCUT2D eigenvalue weighted by atomic mass is 9.96. The van der Waals surface area contributed by atoms with Gasteiger partial charge in [-0.25, -0.2) is 8.42 Å². The zero-order valence-corrected chi connectivity index (χ0v) is 17.8. The lowest BCUT2D eigenvalue weighted by Gasteiger charge is -2.32. The van der Waals surface area contributed by atoms with Crippen molar-refractivity contribution < 1.29 is 22.7 Å². The number of hydrogen-bond acceptors (Lipinski definition) is 5. The minimum atomic E-state index is -3.51. The maximum Gasteiger partial charge on any atom is 0.243 e. The van der Waals surface area contributed by atoms with Gasteiger partial charge in [0.2, 0.25) is 15.9 Å². The molecule has 0 N–H and O–H groups in total. The molecule has 1 amide bonds. The fourth-order valence-electron chi connectivity index (χ4n) is 3.93. The largest absolute Gasteiger partial charge is 0.486 e. The van der Waals surface area contributed by atoms with Gasteiger partial charge in [0.05, 0.1) is 4.90 Å². The van der Waals surface area contributed by atoms with Crippen molar-refractivity contribution in [2.45, 2.75) is 24.3 Å². The molecule has 1 saturated heterocycles. The summed E-state index contributed by atoms with van der Waals surface area (Å²) in [7, 11) is -1.72. The Morgan fingerprint density at radius 2 is 1.70 bits per heavy atom. The van der Waals surface area contributed by atoms with Crippen molar-refractivity contribution in [3.05, 3.63) is 54.1 Å².